The van der Waals surface area contributed by atoms with E-state index in [0.717, 1.165) is 16.7 Å². The average molecular weight is 467 g/mol. The number of rotatable bonds is 5. The number of ether oxygens (including phenoxy) is 2. The van der Waals surface area contributed by atoms with Gasteiger partial charge in [-0.05, 0) is 86.0 Å². The van der Waals surface area contributed by atoms with E-state index in [0.29, 0.717) is 22.9 Å². The lowest BCUT2D eigenvalue weighted by molar-refractivity contribution is -0.122. The van der Waals surface area contributed by atoms with E-state index in [1.165, 1.54) is 23.5 Å². The van der Waals surface area contributed by atoms with Gasteiger partial charge < -0.3 is 14.8 Å². The molecule has 1 heterocycles. The first-order valence-electron chi connectivity index (χ1n) is 10.5. The third-order valence-corrected chi connectivity index (χ3v) is 7.49. The second-order valence-electron chi connectivity index (χ2n) is 8.08. The predicted molar refractivity (Wildman–Crippen MR) is 128 cm³/mol. The van der Waals surface area contributed by atoms with E-state index in [4.69, 9.17) is 9.47 Å². The highest BCUT2D eigenvalue weighted by molar-refractivity contribution is 7.92. The van der Waals surface area contributed by atoms with Gasteiger partial charge in [-0.2, -0.15) is 0 Å². The summed E-state index contributed by atoms with van der Waals surface area (Å²) in [6, 6.07) is 17.0. The van der Waals surface area contributed by atoms with Crippen molar-refractivity contribution in [2.75, 3.05) is 23.3 Å². The van der Waals surface area contributed by atoms with Crippen molar-refractivity contribution in [2.45, 2.75) is 31.8 Å². The van der Waals surface area contributed by atoms with Crippen LogP contribution in [0.25, 0.3) is 0 Å². The maximum absolute atomic E-state index is 13.5. The van der Waals surface area contributed by atoms with E-state index >= 15 is 0 Å². The number of methoxy groups -OCH3 is 1. The van der Waals surface area contributed by atoms with Gasteiger partial charge in [0, 0.05) is 5.69 Å². The van der Waals surface area contributed by atoms with Crippen LogP contribution >= 0.6 is 0 Å². The fourth-order valence-corrected chi connectivity index (χ4v) is 5.12. The van der Waals surface area contributed by atoms with Crippen molar-refractivity contribution in [1.29, 1.82) is 0 Å². The van der Waals surface area contributed by atoms with E-state index in [2.05, 4.69) is 5.32 Å². The molecule has 0 aliphatic carbocycles. The summed E-state index contributed by atoms with van der Waals surface area (Å²) in [4.78, 5) is 13.2. The molecule has 0 spiro atoms. The van der Waals surface area contributed by atoms with E-state index in [9.17, 15) is 13.2 Å². The largest absolute Gasteiger partial charge is 0.497 e. The summed E-state index contributed by atoms with van der Waals surface area (Å²) in [5, 5.41) is 2.85. The minimum Gasteiger partial charge on any atom is -0.497 e. The lowest BCUT2D eigenvalue weighted by atomic mass is 10.1. The molecule has 1 atom stereocenters. The second kappa shape index (κ2) is 8.78. The lowest BCUT2D eigenvalue weighted by Gasteiger charge is -2.35. The normalized spacial score (nSPS) is 15.4. The van der Waals surface area contributed by atoms with Gasteiger partial charge in [0.15, 0.2) is 6.10 Å². The molecule has 1 N–H and O–H groups in total. The lowest BCUT2D eigenvalue weighted by Crippen LogP contribution is -2.48. The number of nitrogens with one attached hydrogen (secondary N) is 1. The molecular weight excluding hydrogens is 440 g/mol. The van der Waals surface area contributed by atoms with Crippen LogP contribution in [0.1, 0.15) is 16.7 Å². The van der Waals surface area contributed by atoms with Gasteiger partial charge in [0.1, 0.15) is 11.5 Å². The van der Waals surface area contributed by atoms with Crippen molar-refractivity contribution < 1.29 is 22.7 Å². The molecule has 3 aromatic carbocycles. The molecule has 1 aliphatic heterocycles. The molecule has 0 bridgehead atoms. The van der Waals surface area contributed by atoms with Crippen LogP contribution in [0.5, 0.6) is 11.5 Å². The third-order valence-electron chi connectivity index (χ3n) is 5.70. The highest BCUT2D eigenvalue weighted by Gasteiger charge is 2.37. The van der Waals surface area contributed by atoms with E-state index < -0.39 is 22.0 Å². The molecule has 33 heavy (non-hydrogen) atoms. The molecule has 0 radical (unpaired) electrons. The van der Waals surface area contributed by atoms with Crippen LogP contribution in [-0.4, -0.2) is 34.1 Å². The van der Waals surface area contributed by atoms with Crippen LogP contribution in [0.4, 0.5) is 11.4 Å². The maximum Gasteiger partial charge on any atom is 0.267 e. The first-order valence-corrected chi connectivity index (χ1v) is 12.0. The second-order valence-corrected chi connectivity index (χ2v) is 9.94. The molecule has 0 aromatic heterocycles. The van der Waals surface area contributed by atoms with Gasteiger partial charge in [0.05, 0.1) is 24.2 Å². The first kappa shape index (κ1) is 22.7. The van der Waals surface area contributed by atoms with Crippen LogP contribution in [0.3, 0.4) is 0 Å². The van der Waals surface area contributed by atoms with Crippen LogP contribution in [-0.2, 0) is 14.8 Å². The van der Waals surface area contributed by atoms with E-state index in [-0.39, 0.29) is 11.4 Å². The number of anilines is 2. The molecule has 7 nitrogen and oxygen atoms in total. The Balaban J connectivity index is 1.68. The van der Waals surface area contributed by atoms with Gasteiger partial charge >= 0.3 is 0 Å². The fraction of sp³-hybridized carbons (Fsp3) is 0.240. The number of aryl methyl sites for hydroxylation is 3. The summed E-state index contributed by atoms with van der Waals surface area (Å²) >= 11 is 0. The van der Waals surface area contributed by atoms with Crippen molar-refractivity contribution in [3.8, 4) is 11.5 Å². The Morgan fingerprint density at radius 3 is 2.39 bits per heavy atom. The summed E-state index contributed by atoms with van der Waals surface area (Å²) in [7, 11) is -2.43. The van der Waals surface area contributed by atoms with Gasteiger partial charge in [0.25, 0.3) is 15.9 Å². The van der Waals surface area contributed by atoms with Crippen LogP contribution < -0.4 is 19.1 Å². The van der Waals surface area contributed by atoms with Crippen molar-refractivity contribution >= 4 is 27.3 Å². The number of hydrogen-bond acceptors (Lipinski definition) is 5. The Morgan fingerprint density at radius 2 is 1.73 bits per heavy atom. The molecule has 1 unspecified atom stereocenters. The first-order chi connectivity index (χ1) is 15.7. The number of benzene rings is 3. The van der Waals surface area contributed by atoms with Gasteiger partial charge in [0.2, 0.25) is 0 Å². The van der Waals surface area contributed by atoms with Gasteiger partial charge in [-0.3, -0.25) is 9.10 Å². The number of sulfonamides is 1. The number of carbonyl (C=O) groups excluding carboxylic acids is 1. The molecule has 172 valence electrons. The molecule has 1 amide bonds. The summed E-state index contributed by atoms with van der Waals surface area (Å²) in [5.74, 6) is 0.483. The third kappa shape index (κ3) is 4.52. The van der Waals surface area contributed by atoms with Crippen molar-refractivity contribution in [3.05, 3.63) is 77.4 Å². The molecule has 0 saturated heterocycles. The number of fused-ring (bicyclic) bond motifs is 1. The standard InChI is InChI=1S/C25H26N2O5S/c1-16-5-12-22-23(13-16)32-24(25(28)26-19-7-6-17(2)18(3)14-19)15-27(22)33(29,30)21-10-8-20(31-4)9-11-21/h5-14,24H,15H2,1-4H3,(H,26,28). The number of hydrogen-bond donors (Lipinski definition) is 1. The van der Waals surface area contributed by atoms with Crippen molar-refractivity contribution in [3.63, 3.8) is 0 Å². The average Bonchev–Trinajstić information content (AvgIpc) is 2.80. The molecular formula is C25H26N2O5S. The number of amides is 1. The quantitative estimate of drug-likeness (QED) is 0.609. The van der Waals surface area contributed by atoms with Crippen molar-refractivity contribution in [1.82, 2.24) is 0 Å². The van der Waals surface area contributed by atoms with E-state index in [1.807, 2.05) is 45.0 Å². The Hall–Kier alpha value is -3.52. The Kier molecular flexibility index (Phi) is 6.03. The van der Waals surface area contributed by atoms with Gasteiger partial charge in [-0.1, -0.05) is 12.1 Å². The molecule has 0 saturated carbocycles. The minimum atomic E-state index is -3.95. The maximum atomic E-state index is 13.5. The van der Waals surface area contributed by atoms with Crippen molar-refractivity contribution in [2.24, 2.45) is 0 Å². The topological polar surface area (TPSA) is 84.9 Å². The van der Waals surface area contributed by atoms with Crippen LogP contribution in [0.15, 0.2) is 65.6 Å². The summed E-state index contributed by atoms with van der Waals surface area (Å²) < 4.78 is 39.4. The van der Waals surface area contributed by atoms with Gasteiger partial charge in [-0.25, -0.2) is 8.42 Å². The predicted octanol–water partition coefficient (Wildman–Crippen LogP) is 4.22. The number of nitrogens with zero attached hydrogens (tertiary/aromatic N) is 1. The summed E-state index contributed by atoms with van der Waals surface area (Å²) in [6.07, 6.45) is -1.02. The fourth-order valence-electron chi connectivity index (χ4n) is 3.64. The highest BCUT2D eigenvalue weighted by atomic mass is 32.2. The van der Waals surface area contributed by atoms with Crippen LogP contribution in [0, 0.1) is 20.8 Å². The zero-order valence-corrected chi connectivity index (χ0v) is 19.8. The zero-order valence-electron chi connectivity index (χ0n) is 19.0. The Morgan fingerprint density at radius 1 is 1.00 bits per heavy atom. The monoisotopic (exact) mass is 466 g/mol. The van der Waals surface area contributed by atoms with Crippen LogP contribution in [0.2, 0.25) is 0 Å². The molecule has 1 aliphatic rings. The summed E-state index contributed by atoms with van der Waals surface area (Å²) in [5.41, 5.74) is 4.08. The molecule has 8 heteroatoms. The van der Waals surface area contributed by atoms with Gasteiger partial charge in [-0.15, -0.1) is 0 Å². The zero-order chi connectivity index (χ0) is 23.8. The smallest absolute Gasteiger partial charge is 0.267 e. The summed E-state index contributed by atoms with van der Waals surface area (Å²) in [6.45, 7) is 5.68. The Bertz CT molecular complexity index is 1300. The number of carbonyl (C=O) groups is 1. The molecule has 0 fully saturated rings. The Labute approximate surface area is 194 Å². The molecule has 3 aromatic rings. The highest BCUT2D eigenvalue weighted by Crippen LogP contribution is 2.38. The molecule has 4 rings (SSSR count). The minimum absolute atomic E-state index is 0.102. The van der Waals surface area contributed by atoms with E-state index in [1.54, 1.807) is 24.3 Å². The SMILES string of the molecule is COc1ccc(S(=O)(=O)N2CC(C(=O)Nc3ccc(C)c(C)c3)Oc3cc(C)ccc32)cc1.